The summed E-state index contributed by atoms with van der Waals surface area (Å²) in [6.07, 6.45) is 0. The van der Waals surface area contributed by atoms with E-state index in [0.717, 1.165) is 0 Å². The fourth-order valence-electron chi connectivity index (χ4n) is 3.09. The zero-order chi connectivity index (χ0) is 19.7. The van der Waals surface area contributed by atoms with Crippen LogP contribution in [-0.4, -0.2) is 14.2 Å². The van der Waals surface area contributed by atoms with Crippen LogP contribution in [0.2, 0.25) is 5.02 Å². The normalized spacial score (nSPS) is 11.6. The van der Waals surface area contributed by atoms with E-state index in [-0.39, 0.29) is 22.0 Å². The lowest BCUT2D eigenvalue weighted by molar-refractivity contribution is 0.103. The third-order valence-electron chi connectivity index (χ3n) is 4.41. The van der Waals surface area contributed by atoms with E-state index in [9.17, 15) is 13.2 Å². The molecular formula is C22H15ClO4S. The Kier molecular flexibility index (Phi) is 4.79. The number of fused-ring (bicyclic) bond motifs is 1. The Morgan fingerprint density at radius 3 is 2.21 bits per heavy atom. The Labute approximate surface area is 167 Å². The number of hydrogen-bond acceptors (Lipinski definition) is 4. The minimum atomic E-state index is -3.69. The molecule has 6 heteroatoms. The van der Waals surface area contributed by atoms with Crippen molar-refractivity contribution in [2.24, 2.45) is 0 Å². The van der Waals surface area contributed by atoms with Crippen LogP contribution >= 0.6 is 11.6 Å². The largest absolute Gasteiger partial charge is 0.459 e. The highest BCUT2D eigenvalue weighted by Gasteiger charge is 2.26. The van der Waals surface area contributed by atoms with Crippen LogP contribution in [0.5, 0.6) is 0 Å². The van der Waals surface area contributed by atoms with Gasteiger partial charge in [-0.15, -0.1) is 0 Å². The van der Waals surface area contributed by atoms with Gasteiger partial charge in [0, 0.05) is 22.0 Å². The third kappa shape index (κ3) is 3.46. The Bertz CT molecular complexity index is 1260. The van der Waals surface area contributed by atoms with E-state index in [1.165, 1.54) is 12.1 Å². The molecule has 0 radical (unpaired) electrons. The second-order valence-corrected chi connectivity index (χ2v) is 8.73. The standard InChI is InChI=1S/C22H15ClO4S/c23-16-11-12-18-19(13-16)27-20(14-28(25,26)17-9-5-2-6-10-17)21(18)22(24)15-7-3-1-4-8-15/h1-13H,14H2. The molecule has 0 aliphatic carbocycles. The summed E-state index contributed by atoms with van der Waals surface area (Å²) in [4.78, 5) is 13.3. The Balaban J connectivity index is 1.87. The molecule has 0 fully saturated rings. The highest BCUT2D eigenvalue weighted by atomic mass is 35.5. The van der Waals surface area contributed by atoms with Gasteiger partial charge in [0.1, 0.15) is 17.1 Å². The van der Waals surface area contributed by atoms with E-state index in [1.807, 2.05) is 6.07 Å². The van der Waals surface area contributed by atoms with Gasteiger partial charge in [0.2, 0.25) is 0 Å². The van der Waals surface area contributed by atoms with Gasteiger partial charge in [-0.3, -0.25) is 4.79 Å². The van der Waals surface area contributed by atoms with Crippen LogP contribution in [0.3, 0.4) is 0 Å². The van der Waals surface area contributed by atoms with Gasteiger partial charge >= 0.3 is 0 Å². The topological polar surface area (TPSA) is 64.3 Å². The van der Waals surface area contributed by atoms with Crippen molar-refractivity contribution in [3.05, 3.63) is 101 Å². The average molecular weight is 411 g/mol. The summed E-state index contributed by atoms with van der Waals surface area (Å²) in [5, 5.41) is 0.981. The first-order valence-corrected chi connectivity index (χ1v) is 10.6. The minimum Gasteiger partial charge on any atom is -0.459 e. The van der Waals surface area contributed by atoms with E-state index in [4.69, 9.17) is 16.0 Å². The van der Waals surface area contributed by atoms with Crippen LogP contribution in [0.1, 0.15) is 21.7 Å². The predicted octanol–water partition coefficient (Wildman–Crippen LogP) is 5.29. The molecule has 140 valence electrons. The second-order valence-electron chi connectivity index (χ2n) is 6.31. The number of sulfone groups is 1. The smallest absolute Gasteiger partial charge is 0.197 e. The van der Waals surface area contributed by atoms with Gasteiger partial charge in [-0.2, -0.15) is 0 Å². The van der Waals surface area contributed by atoms with E-state index in [1.54, 1.807) is 60.7 Å². The van der Waals surface area contributed by atoms with Crippen LogP contribution in [0.4, 0.5) is 0 Å². The molecule has 28 heavy (non-hydrogen) atoms. The minimum absolute atomic E-state index is 0.106. The fraction of sp³-hybridized carbons (Fsp3) is 0.0455. The molecule has 4 aromatic rings. The second kappa shape index (κ2) is 7.26. The zero-order valence-corrected chi connectivity index (χ0v) is 16.2. The quantitative estimate of drug-likeness (QED) is 0.419. The molecule has 3 aromatic carbocycles. The molecule has 0 saturated carbocycles. The number of carbonyl (C=O) groups excluding carboxylic acids is 1. The van der Waals surface area contributed by atoms with Gasteiger partial charge in [-0.05, 0) is 24.3 Å². The molecule has 0 spiro atoms. The number of hydrogen-bond donors (Lipinski definition) is 0. The van der Waals surface area contributed by atoms with Crippen LogP contribution in [0.25, 0.3) is 11.0 Å². The maximum atomic E-state index is 13.2. The number of benzene rings is 3. The first kappa shape index (κ1) is 18.5. The van der Waals surface area contributed by atoms with Crippen molar-refractivity contribution in [2.45, 2.75) is 10.6 Å². The van der Waals surface area contributed by atoms with Gasteiger partial charge in [0.05, 0.1) is 10.5 Å². The Hall–Kier alpha value is -2.89. The van der Waals surface area contributed by atoms with Crippen LogP contribution in [-0.2, 0) is 15.6 Å². The molecule has 0 aliphatic heterocycles. The van der Waals surface area contributed by atoms with E-state index >= 15 is 0 Å². The summed E-state index contributed by atoms with van der Waals surface area (Å²) in [7, 11) is -3.69. The summed E-state index contributed by atoms with van der Waals surface area (Å²) in [6, 6.07) is 21.7. The van der Waals surface area contributed by atoms with Crippen molar-refractivity contribution in [1.82, 2.24) is 0 Å². The first-order chi connectivity index (χ1) is 13.5. The number of halogens is 1. The molecule has 0 atom stereocenters. The van der Waals surface area contributed by atoms with Gasteiger partial charge in [-0.25, -0.2) is 8.42 Å². The molecule has 1 aromatic heterocycles. The van der Waals surface area contributed by atoms with E-state index < -0.39 is 15.6 Å². The lowest BCUT2D eigenvalue weighted by Gasteiger charge is -2.05. The Morgan fingerprint density at radius 1 is 0.893 bits per heavy atom. The van der Waals surface area contributed by atoms with Crippen molar-refractivity contribution in [2.75, 3.05) is 0 Å². The summed E-state index contributed by atoms with van der Waals surface area (Å²) < 4.78 is 31.5. The molecule has 1 heterocycles. The predicted molar refractivity (Wildman–Crippen MR) is 108 cm³/mol. The number of ketones is 1. The van der Waals surface area contributed by atoms with Crippen molar-refractivity contribution in [1.29, 1.82) is 0 Å². The summed E-state index contributed by atoms with van der Waals surface area (Å²) >= 11 is 6.04. The maximum Gasteiger partial charge on any atom is 0.197 e. The molecule has 0 amide bonds. The van der Waals surface area contributed by atoms with Crippen molar-refractivity contribution >= 4 is 38.2 Å². The van der Waals surface area contributed by atoms with E-state index in [2.05, 4.69) is 0 Å². The van der Waals surface area contributed by atoms with Crippen molar-refractivity contribution in [3.8, 4) is 0 Å². The average Bonchev–Trinajstić information content (AvgIpc) is 3.04. The summed E-state index contributed by atoms with van der Waals surface area (Å²) in [5.74, 6) is -0.605. The van der Waals surface area contributed by atoms with Gasteiger partial charge < -0.3 is 4.42 Å². The lowest BCUT2D eigenvalue weighted by Crippen LogP contribution is -2.09. The fourth-order valence-corrected chi connectivity index (χ4v) is 4.54. The molecule has 0 bridgehead atoms. The molecule has 0 unspecified atom stereocenters. The highest BCUT2D eigenvalue weighted by molar-refractivity contribution is 7.90. The number of carbonyl (C=O) groups is 1. The third-order valence-corrected chi connectivity index (χ3v) is 6.28. The van der Waals surface area contributed by atoms with Crippen molar-refractivity contribution in [3.63, 3.8) is 0 Å². The highest BCUT2D eigenvalue weighted by Crippen LogP contribution is 2.32. The Morgan fingerprint density at radius 2 is 1.54 bits per heavy atom. The van der Waals surface area contributed by atoms with Gasteiger partial charge in [0.15, 0.2) is 15.6 Å². The van der Waals surface area contributed by atoms with E-state index in [0.29, 0.717) is 21.6 Å². The van der Waals surface area contributed by atoms with Crippen LogP contribution in [0.15, 0.2) is 88.2 Å². The SMILES string of the molecule is O=C(c1ccccc1)c1c(CS(=O)(=O)c2ccccc2)oc2cc(Cl)ccc12. The molecule has 4 rings (SSSR count). The molecular weight excluding hydrogens is 396 g/mol. The monoisotopic (exact) mass is 410 g/mol. The summed E-state index contributed by atoms with van der Waals surface area (Å²) in [5.41, 5.74) is 1.08. The molecule has 0 aliphatic rings. The molecule has 0 saturated heterocycles. The molecule has 0 N–H and O–H groups in total. The summed E-state index contributed by atoms with van der Waals surface area (Å²) in [6.45, 7) is 0. The van der Waals surface area contributed by atoms with Gasteiger partial charge in [-0.1, -0.05) is 60.1 Å². The molecule has 4 nitrogen and oxygen atoms in total. The number of furan rings is 1. The van der Waals surface area contributed by atoms with Crippen LogP contribution < -0.4 is 0 Å². The van der Waals surface area contributed by atoms with Crippen LogP contribution in [0, 0.1) is 0 Å². The lowest BCUT2D eigenvalue weighted by atomic mass is 10.0. The first-order valence-electron chi connectivity index (χ1n) is 8.54. The zero-order valence-electron chi connectivity index (χ0n) is 14.6. The number of rotatable bonds is 5. The van der Waals surface area contributed by atoms with Gasteiger partial charge in [0.25, 0.3) is 0 Å². The maximum absolute atomic E-state index is 13.2. The van der Waals surface area contributed by atoms with Crippen molar-refractivity contribution < 1.29 is 17.6 Å².